The highest BCUT2D eigenvalue weighted by molar-refractivity contribution is 7.32. The van der Waals surface area contributed by atoms with E-state index in [4.69, 9.17) is 0 Å². The van der Waals surface area contributed by atoms with Gasteiger partial charge in [-0.05, 0) is 6.42 Å². The van der Waals surface area contributed by atoms with E-state index in [1.807, 2.05) is 0 Å². The molecule has 3 nitrogen and oxygen atoms in total. The molecule has 4 heteroatoms. The number of ether oxygens (including phenoxy) is 1. The van der Waals surface area contributed by atoms with Gasteiger partial charge in [0.1, 0.15) is 0 Å². The molecule has 10 heavy (non-hydrogen) atoms. The Kier molecular flexibility index (Phi) is 6.61. The smallest absolute Gasteiger partial charge is 0.437 e. The first kappa shape index (κ1) is 9.70. The summed E-state index contributed by atoms with van der Waals surface area (Å²) >= 11 is 0. The van der Waals surface area contributed by atoms with Gasteiger partial charge >= 0.3 is 6.16 Å². The Balaban J connectivity index is 2.96. The Morgan fingerprint density at radius 3 is 2.80 bits per heavy atom. The molecular formula is C6H13O3P. The molecule has 0 saturated carbocycles. The Labute approximate surface area is 63.0 Å². The molecule has 0 aromatic rings. The molecule has 60 valence electrons. The molecule has 0 aliphatic heterocycles. The molecule has 0 aromatic heterocycles. The van der Waals surface area contributed by atoms with Crippen LogP contribution in [0.2, 0.25) is 0 Å². The van der Waals surface area contributed by atoms with Gasteiger partial charge in [-0.25, -0.2) is 4.79 Å². The standard InChI is InChI=1S/C6H13O3P/c1-3-4-5-10-9-6(7)8-2/h10H,3-5H2,1-2H3. The van der Waals surface area contributed by atoms with Crippen LogP contribution < -0.4 is 0 Å². The Hall–Kier alpha value is -0.300. The monoisotopic (exact) mass is 164 g/mol. The molecule has 0 rings (SSSR count). The Morgan fingerprint density at radius 1 is 1.60 bits per heavy atom. The zero-order valence-electron chi connectivity index (χ0n) is 6.35. The van der Waals surface area contributed by atoms with Gasteiger partial charge < -0.3 is 9.26 Å². The van der Waals surface area contributed by atoms with Crippen LogP contribution in [0.4, 0.5) is 4.79 Å². The summed E-state index contributed by atoms with van der Waals surface area (Å²) in [6.45, 7) is 2.10. The van der Waals surface area contributed by atoms with Crippen molar-refractivity contribution < 1.29 is 14.1 Å². The number of carbonyl (C=O) groups excluding carboxylic acids is 1. The van der Waals surface area contributed by atoms with Crippen LogP contribution in [-0.4, -0.2) is 19.4 Å². The van der Waals surface area contributed by atoms with Gasteiger partial charge in [0.15, 0.2) is 0 Å². The molecule has 0 spiro atoms. The van der Waals surface area contributed by atoms with Crippen LogP contribution >= 0.6 is 8.81 Å². The second-order valence-corrected chi connectivity index (χ2v) is 2.80. The number of rotatable bonds is 4. The molecule has 0 N–H and O–H groups in total. The highest BCUT2D eigenvalue weighted by atomic mass is 31.1. The summed E-state index contributed by atoms with van der Waals surface area (Å²) in [5.74, 6) is 0. The average molecular weight is 164 g/mol. The van der Waals surface area contributed by atoms with E-state index in [-0.39, 0.29) is 8.81 Å². The van der Waals surface area contributed by atoms with Crippen molar-refractivity contribution in [3.63, 3.8) is 0 Å². The summed E-state index contributed by atoms with van der Waals surface area (Å²) in [4.78, 5) is 10.3. The average Bonchev–Trinajstić information content (AvgIpc) is 1.98. The van der Waals surface area contributed by atoms with Crippen LogP contribution in [0.3, 0.4) is 0 Å². The van der Waals surface area contributed by atoms with Crippen LogP contribution in [0, 0.1) is 0 Å². The minimum atomic E-state index is -0.575. The lowest BCUT2D eigenvalue weighted by molar-refractivity contribution is 0.127. The van der Waals surface area contributed by atoms with E-state index in [0.717, 1.165) is 19.0 Å². The van der Waals surface area contributed by atoms with Gasteiger partial charge in [0, 0.05) is 6.16 Å². The molecule has 1 unspecified atom stereocenters. The second kappa shape index (κ2) is 6.81. The largest absolute Gasteiger partial charge is 0.510 e. The van der Waals surface area contributed by atoms with Crippen LogP contribution in [0.1, 0.15) is 19.8 Å². The predicted octanol–water partition coefficient (Wildman–Crippen LogP) is 2.16. The third-order valence-corrected chi connectivity index (χ3v) is 1.82. The third-order valence-electron chi connectivity index (χ3n) is 0.955. The second-order valence-electron chi connectivity index (χ2n) is 1.80. The summed E-state index contributed by atoms with van der Waals surface area (Å²) in [7, 11) is 1.56. The van der Waals surface area contributed by atoms with E-state index < -0.39 is 6.16 Å². The van der Waals surface area contributed by atoms with E-state index in [2.05, 4.69) is 16.2 Å². The minimum absolute atomic E-state index is 0.252. The summed E-state index contributed by atoms with van der Waals surface area (Å²) in [5.41, 5.74) is 0. The molecule has 0 aromatic carbocycles. The fraction of sp³-hybridized carbons (Fsp3) is 0.833. The molecule has 0 saturated heterocycles. The first-order valence-electron chi connectivity index (χ1n) is 3.29. The Bertz CT molecular complexity index is 95.0. The van der Waals surface area contributed by atoms with Crippen LogP contribution in [0.15, 0.2) is 0 Å². The van der Waals surface area contributed by atoms with E-state index >= 15 is 0 Å². The summed E-state index contributed by atoms with van der Waals surface area (Å²) in [6.07, 6.45) is 2.62. The molecule has 0 bridgehead atoms. The maximum Gasteiger partial charge on any atom is 0.510 e. The fourth-order valence-corrected chi connectivity index (χ4v) is 1.20. The van der Waals surface area contributed by atoms with E-state index in [0.29, 0.717) is 0 Å². The first-order chi connectivity index (χ1) is 4.81. The van der Waals surface area contributed by atoms with E-state index in [1.165, 1.54) is 7.11 Å². The molecule has 0 aliphatic carbocycles. The maximum atomic E-state index is 10.3. The summed E-state index contributed by atoms with van der Waals surface area (Å²) in [6, 6.07) is 0. The van der Waals surface area contributed by atoms with Crippen molar-refractivity contribution >= 4 is 15.0 Å². The van der Waals surface area contributed by atoms with E-state index in [9.17, 15) is 4.79 Å². The summed E-state index contributed by atoms with van der Waals surface area (Å²) in [5, 5.41) is 0. The molecule has 1 atom stereocenters. The molecule has 0 aliphatic rings. The Morgan fingerprint density at radius 2 is 2.30 bits per heavy atom. The number of carbonyl (C=O) groups is 1. The lowest BCUT2D eigenvalue weighted by Crippen LogP contribution is -1.96. The van der Waals surface area contributed by atoms with Gasteiger partial charge in [-0.15, -0.1) is 0 Å². The SMILES string of the molecule is CCCCPOC(=O)OC. The fourth-order valence-electron chi connectivity index (χ4n) is 0.401. The van der Waals surface area contributed by atoms with Gasteiger partial charge in [-0.3, -0.25) is 0 Å². The van der Waals surface area contributed by atoms with Crippen molar-refractivity contribution in [2.24, 2.45) is 0 Å². The van der Waals surface area contributed by atoms with Gasteiger partial charge in [0.25, 0.3) is 0 Å². The topological polar surface area (TPSA) is 35.5 Å². The minimum Gasteiger partial charge on any atom is -0.437 e. The van der Waals surface area contributed by atoms with Crippen molar-refractivity contribution in [1.82, 2.24) is 0 Å². The quantitative estimate of drug-likeness (QED) is 0.363. The molecular weight excluding hydrogens is 151 g/mol. The van der Waals surface area contributed by atoms with Gasteiger partial charge in [-0.2, -0.15) is 0 Å². The molecule has 0 fully saturated rings. The maximum absolute atomic E-state index is 10.3. The van der Waals surface area contributed by atoms with Gasteiger partial charge in [0.2, 0.25) is 0 Å². The number of hydrogen-bond donors (Lipinski definition) is 0. The highest BCUT2D eigenvalue weighted by Crippen LogP contribution is 2.14. The predicted molar refractivity (Wildman–Crippen MR) is 41.6 cm³/mol. The molecule has 0 amide bonds. The van der Waals surface area contributed by atoms with Crippen LogP contribution in [0.25, 0.3) is 0 Å². The lowest BCUT2D eigenvalue weighted by Gasteiger charge is -1.99. The van der Waals surface area contributed by atoms with Crippen LogP contribution in [-0.2, 0) is 9.26 Å². The van der Waals surface area contributed by atoms with E-state index in [1.54, 1.807) is 0 Å². The van der Waals surface area contributed by atoms with Crippen molar-refractivity contribution in [2.75, 3.05) is 13.3 Å². The summed E-state index contributed by atoms with van der Waals surface area (Å²) < 4.78 is 8.94. The van der Waals surface area contributed by atoms with Crippen LogP contribution in [0.5, 0.6) is 0 Å². The number of methoxy groups -OCH3 is 1. The molecule has 0 heterocycles. The number of hydrogen-bond acceptors (Lipinski definition) is 3. The number of unbranched alkanes of at least 4 members (excludes halogenated alkanes) is 1. The molecule has 0 radical (unpaired) electrons. The normalized spacial score (nSPS) is 10.2. The first-order valence-corrected chi connectivity index (χ1v) is 4.40. The van der Waals surface area contributed by atoms with Crippen molar-refractivity contribution in [3.05, 3.63) is 0 Å². The zero-order chi connectivity index (χ0) is 7.82. The van der Waals surface area contributed by atoms with Crippen molar-refractivity contribution in [1.29, 1.82) is 0 Å². The third kappa shape index (κ3) is 5.83. The zero-order valence-corrected chi connectivity index (χ0v) is 7.35. The van der Waals surface area contributed by atoms with Crippen molar-refractivity contribution in [3.8, 4) is 0 Å². The lowest BCUT2D eigenvalue weighted by atomic mass is 10.4. The van der Waals surface area contributed by atoms with Crippen molar-refractivity contribution in [2.45, 2.75) is 19.8 Å². The van der Waals surface area contributed by atoms with Gasteiger partial charge in [-0.1, -0.05) is 13.3 Å². The van der Waals surface area contributed by atoms with Gasteiger partial charge in [0.05, 0.1) is 15.9 Å². The highest BCUT2D eigenvalue weighted by Gasteiger charge is 1.97.